The summed E-state index contributed by atoms with van der Waals surface area (Å²) in [4.78, 5) is 22.8. The molecule has 0 atom stereocenters. The van der Waals surface area contributed by atoms with Gasteiger partial charge in [-0.15, -0.1) is 12.4 Å². The summed E-state index contributed by atoms with van der Waals surface area (Å²) >= 11 is 0. The molecule has 1 aliphatic carbocycles. The van der Waals surface area contributed by atoms with Gasteiger partial charge in [0.05, 0.1) is 5.92 Å². The zero-order chi connectivity index (χ0) is 18.2. The van der Waals surface area contributed by atoms with Crippen molar-refractivity contribution < 1.29 is 19.4 Å². The van der Waals surface area contributed by atoms with Gasteiger partial charge in [0, 0.05) is 13.0 Å². The molecule has 5 N–H and O–H groups in total. The van der Waals surface area contributed by atoms with Crippen LogP contribution in [-0.2, 0) is 16.0 Å². The van der Waals surface area contributed by atoms with Gasteiger partial charge in [0.2, 0.25) is 0 Å². The van der Waals surface area contributed by atoms with Crippen LogP contribution in [0.25, 0.3) is 0 Å². The van der Waals surface area contributed by atoms with Crippen LogP contribution in [0.4, 0.5) is 0 Å². The Kier molecular flexibility index (Phi) is 8.92. The molecule has 0 aromatic heterocycles. The number of hydrogen-bond donors (Lipinski definition) is 4. The molecule has 7 nitrogen and oxygen atoms in total. The number of rotatable bonds is 7. The Labute approximate surface area is 159 Å². The Balaban J connectivity index is 0.00000338. The van der Waals surface area contributed by atoms with E-state index in [4.69, 9.17) is 21.0 Å². The van der Waals surface area contributed by atoms with Crippen molar-refractivity contribution in [1.82, 2.24) is 5.32 Å². The summed E-state index contributed by atoms with van der Waals surface area (Å²) in [6.45, 7) is 0.676. The summed E-state index contributed by atoms with van der Waals surface area (Å²) in [7, 11) is 0. The number of hydrogen-bond acceptors (Lipinski definition) is 4. The smallest absolute Gasteiger partial charge is 0.314 e. The second-order valence-corrected chi connectivity index (χ2v) is 6.47. The second-order valence-electron chi connectivity index (χ2n) is 6.47. The number of nitrogens with one attached hydrogen (secondary N) is 2. The predicted molar refractivity (Wildman–Crippen MR) is 101 cm³/mol. The highest BCUT2D eigenvalue weighted by Gasteiger charge is 2.27. The monoisotopic (exact) mass is 383 g/mol. The minimum atomic E-state index is -0.829. The van der Waals surface area contributed by atoms with Crippen LogP contribution in [0, 0.1) is 17.2 Å². The van der Waals surface area contributed by atoms with Gasteiger partial charge in [-0.05, 0) is 55.7 Å². The fourth-order valence-corrected chi connectivity index (χ4v) is 3.03. The molecule has 8 heteroatoms. The van der Waals surface area contributed by atoms with E-state index < -0.39 is 5.97 Å². The van der Waals surface area contributed by atoms with Crippen molar-refractivity contribution in [2.24, 2.45) is 17.6 Å². The minimum Gasteiger partial charge on any atom is -0.481 e. The molecular weight excluding hydrogens is 358 g/mol. The molecule has 144 valence electrons. The number of guanidine groups is 1. The first kappa shape index (κ1) is 21.8. The fourth-order valence-electron chi connectivity index (χ4n) is 3.03. The molecule has 0 bridgehead atoms. The molecular formula is C18H26ClN3O4. The van der Waals surface area contributed by atoms with Gasteiger partial charge in [-0.25, -0.2) is 0 Å². The van der Waals surface area contributed by atoms with Gasteiger partial charge in [0.1, 0.15) is 5.75 Å². The van der Waals surface area contributed by atoms with Gasteiger partial charge in [0.25, 0.3) is 0 Å². The number of nitrogens with two attached hydrogens (primary N) is 1. The molecule has 0 saturated heterocycles. The number of carbonyl (C=O) groups excluding carboxylic acids is 1. The van der Waals surface area contributed by atoms with E-state index >= 15 is 0 Å². The van der Waals surface area contributed by atoms with Gasteiger partial charge in [-0.1, -0.05) is 12.1 Å². The first-order chi connectivity index (χ1) is 11.9. The van der Waals surface area contributed by atoms with Gasteiger partial charge >= 0.3 is 11.9 Å². The minimum absolute atomic E-state index is 0. The molecule has 0 unspecified atom stereocenters. The van der Waals surface area contributed by atoms with Crippen LogP contribution in [0.1, 0.15) is 37.7 Å². The van der Waals surface area contributed by atoms with Gasteiger partial charge in [-0.3, -0.25) is 15.0 Å². The van der Waals surface area contributed by atoms with Crippen molar-refractivity contribution in [3.05, 3.63) is 29.8 Å². The van der Waals surface area contributed by atoms with Crippen molar-refractivity contribution in [1.29, 1.82) is 5.41 Å². The normalized spacial score (nSPS) is 19.1. The van der Waals surface area contributed by atoms with E-state index in [9.17, 15) is 9.59 Å². The highest BCUT2D eigenvalue weighted by Crippen LogP contribution is 2.29. The molecule has 0 spiro atoms. The van der Waals surface area contributed by atoms with Crippen LogP contribution in [0.5, 0.6) is 5.75 Å². The van der Waals surface area contributed by atoms with Gasteiger partial charge in [-0.2, -0.15) is 0 Å². The Morgan fingerprint density at radius 1 is 1.19 bits per heavy atom. The second kappa shape index (κ2) is 10.7. The third-order valence-corrected chi connectivity index (χ3v) is 4.53. The summed E-state index contributed by atoms with van der Waals surface area (Å²) in [6, 6.07) is 6.99. The molecule has 1 fully saturated rings. The Hall–Kier alpha value is -2.28. The van der Waals surface area contributed by atoms with Crippen LogP contribution in [0.15, 0.2) is 24.3 Å². The maximum atomic E-state index is 12.3. The van der Waals surface area contributed by atoms with Crippen molar-refractivity contribution in [3.63, 3.8) is 0 Å². The van der Waals surface area contributed by atoms with Crippen LogP contribution < -0.4 is 15.8 Å². The molecule has 26 heavy (non-hydrogen) atoms. The Morgan fingerprint density at radius 2 is 1.81 bits per heavy atom. The third kappa shape index (κ3) is 7.31. The standard InChI is InChI=1S/C18H25N3O4.ClH/c19-18(20)21-11-13-1-6-14(7-2-13)17(24)25-15-8-3-12(4-9-15)5-10-16(22)23;/h3-4,8-9,13-14H,1-2,5-7,10-11H2,(H,22,23)(H4,19,20,21);1H/t13-,14-;. The number of carboxylic acid groups (broad SMARTS) is 1. The first-order valence-corrected chi connectivity index (χ1v) is 8.54. The van der Waals surface area contributed by atoms with Gasteiger partial charge < -0.3 is 20.9 Å². The molecule has 1 saturated carbocycles. The van der Waals surface area contributed by atoms with E-state index in [0.29, 0.717) is 24.6 Å². The summed E-state index contributed by atoms with van der Waals surface area (Å²) in [5.74, 6) is -0.236. The quantitative estimate of drug-likeness (QED) is 0.248. The topological polar surface area (TPSA) is 126 Å². The van der Waals surface area contributed by atoms with Crippen LogP contribution in [-0.4, -0.2) is 29.5 Å². The highest BCUT2D eigenvalue weighted by molar-refractivity contribution is 5.85. The van der Waals surface area contributed by atoms with E-state index in [-0.39, 0.29) is 36.7 Å². The average Bonchev–Trinajstić information content (AvgIpc) is 2.59. The number of ether oxygens (including phenoxy) is 1. The zero-order valence-corrected chi connectivity index (χ0v) is 15.4. The SMILES string of the molecule is Cl.N=C(N)NC[C@H]1CC[C@H](C(=O)Oc2ccc(CCC(=O)O)cc2)CC1. The zero-order valence-electron chi connectivity index (χ0n) is 14.6. The highest BCUT2D eigenvalue weighted by atomic mass is 35.5. The number of esters is 1. The maximum absolute atomic E-state index is 12.3. The molecule has 1 aromatic carbocycles. The molecule has 0 amide bonds. The summed E-state index contributed by atoms with van der Waals surface area (Å²) in [5, 5.41) is 18.7. The van der Waals surface area contributed by atoms with E-state index in [1.54, 1.807) is 24.3 Å². The van der Waals surface area contributed by atoms with E-state index in [2.05, 4.69) is 5.32 Å². The average molecular weight is 384 g/mol. The fraction of sp³-hybridized carbons (Fsp3) is 0.500. The molecule has 2 rings (SSSR count). The number of aliphatic carboxylic acids is 1. The lowest BCUT2D eigenvalue weighted by atomic mass is 9.82. The number of halogens is 1. The van der Waals surface area contributed by atoms with E-state index in [1.165, 1.54) is 0 Å². The number of carboxylic acids is 1. The van der Waals surface area contributed by atoms with Crippen molar-refractivity contribution >= 4 is 30.3 Å². The third-order valence-electron chi connectivity index (χ3n) is 4.53. The summed E-state index contributed by atoms with van der Waals surface area (Å²) in [6.07, 6.45) is 3.92. The Morgan fingerprint density at radius 3 is 2.35 bits per heavy atom. The van der Waals surface area contributed by atoms with E-state index in [0.717, 1.165) is 31.2 Å². The van der Waals surface area contributed by atoms with Crippen LogP contribution in [0.3, 0.4) is 0 Å². The van der Waals surface area contributed by atoms with Gasteiger partial charge in [0.15, 0.2) is 5.96 Å². The first-order valence-electron chi connectivity index (χ1n) is 8.54. The number of benzene rings is 1. The Bertz CT molecular complexity index is 613. The van der Waals surface area contributed by atoms with Crippen molar-refractivity contribution in [3.8, 4) is 5.75 Å². The summed E-state index contributed by atoms with van der Waals surface area (Å²) < 4.78 is 5.44. The lowest BCUT2D eigenvalue weighted by Crippen LogP contribution is -2.36. The molecule has 0 heterocycles. The number of aryl methyl sites for hydroxylation is 1. The lowest BCUT2D eigenvalue weighted by Gasteiger charge is -2.27. The maximum Gasteiger partial charge on any atom is 0.314 e. The van der Waals surface area contributed by atoms with Crippen LogP contribution >= 0.6 is 12.4 Å². The lowest BCUT2D eigenvalue weighted by molar-refractivity contribution is -0.140. The molecule has 1 aromatic rings. The van der Waals surface area contributed by atoms with E-state index in [1.807, 2.05) is 0 Å². The van der Waals surface area contributed by atoms with Crippen molar-refractivity contribution in [2.45, 2.75) is 38.5 Å². The predicted octanol–water partition coefficient (Wildman–Crippen LogP) is 2.32. The summed E-state index contributed by atoms with van der Waals surface area (Å²) in [5.41, 5.74) is 6.19. The van der Waals surface area contributed by atoms with Crippen molar-refractivity contribution in [2.75, 3.05) is 6.54 Å². The van der Waals surface area contributed by atoms with Crippen LogP contribution in [0.2, 0.25) is 0 Å². The largest absolute Gasteiger partial charge is 0.481 e. The molecule has 0 aliphatic heterocycles. The molecule has 0 radical (unpaired) electrons. The molecule has 1 aliphatic rings. The number of carbonyl (C=O) groups is 2.